The molecule has 1 N–H and O–H groups in total. The Balaban J connectivity index is 3.27. The van der Waals surface area contributed by atoms with Crippen molar-refractivity contribution in [3.63, 3.8) is 0 Å². The summed E-state index contributed by atoms with van der Waals surface area (Å²) in [5, 5.41) is 3.37. The lowest BCUT2D eigenvalue weighted by Crippen LogP contribution is -2.24. The van der Waals surface area contributed by atoms with Gasteiger partial charge in [0.25, 0.3) is 0 Å². The fourth-order valence-electron chi connectivity index (χ4n) is 1.25. The minimum absolute atomic E-state index is 0.732. The second-order valence-electron chi connectivity index (χ2n) is 3.94. The van der Waals surface area contributed by atoms with Crippen molar-refractivity contribution in [1.82, 2.24) is 5.32 Å². The van der Waals surface area contributed by atoms with E-state index in [1.807, 2.05) is 0 Å². The molecule has 0 saturated carbocycles. The summed E-state index contributed by atoms with van der Waals surface area (Å²) in [6.45, 7) is 11.3. The van der Waals surface area contributed by atoms with Crippen molar-refractivity contribution in [1.29, 1.82) is 0 Å². The molecule has 0 saturated heterocycles. The molecule has 0 aliphatic rings. The van der Waals surface area contributed by atoms with Gasteiger partial charge in [0.2, 0.25) is 0 Å². The molecule has 0 aromatic rings. The molecular weight excluding hydrogens is 174 g/mol. The molecule has 0 aliphatic carbocycles. The molecule has 1 unspecified atom stereocenters. The lowest BCUT2D eigenvalue weighted by atomic mass is 10.0. The Morgan fingerprint density at radius 3 is 2.79 bits per heavy atom. The molecule has 14 heavy (non-hydrogen) atoms. The summed E-state index contributed by atoms with van der Waals surface area (Å²) in [5.41, 5.74) is 1.37. The molecule has 0 fully saturated rings. The largest absolute Gasteiger partial charge is 0.383 e. The summed E-state index contributed by atoms with van der Waals surface area (Å²) in [7, 11) is 1.73. The first-order valence-corrected chi connectivity index (χ1v) is 5.57. The highest BCUT2D eigenvalue weighted by atomic mass is 16.5. The monoisotopic (exact) mass is 199 g/mol. The third-order valence-electron chi connectivity index (χ3n) is 2.47. The quantitative estimate of drug-likeness (QED) is 0.455. The van der Waals surface area contributed by atoms with Crippen molar-refractivity contribution in [2.45, 2.75) is 33.1 Å². The SMILES string of the molecule is C=C(CC)CCC(C)CNCCOC. The first-order valence-electron chi connectivity index (χ1n) is 5.57. The summed E-state index contributed by atoms with van der Waals surface area (Å²) < 4.78 is 4.96. The van der Waals surface area contributed by atoms with Crippen LogP contribution >= 0.6 is 0 Å². The van der Waals surface area contributed by atoms with Gasteiger partial charge in [0.1, 0.15) is 0 Å². The van der Waals surface area contributed by atoms with E-state index >= 15 is 0 Å². The number of ether oxygens (including phenoxy) is 1. The maximum Gasteiger partial charge on any atom is 0.0587 e. The van der Waals surface area contributed by atoms with Gasteiger partial charge in [-0.15, -0.1) is 0 Å². The van der Waals surface area contributed by atoms with Gasteiger partial charge in [-0.05, 0) is 31.7 Å². The van der Waals surface area contributed by atoms with Crippen LogP contribution in [0.1, 0.15) is 33.1 Å². The third-order valence-corrected chi connectivity index (χ3v) is 2.47. The summed E-state index contributed by atoms with van der Waals surface area (Å²) >= 11 is 0. The van der Waals surface area contributed by atoms with Gasteiger partial charge in [-0.25, -0.2) is 0 Å². The van der Waals surface area contributed by atoms with Gasteiger partial charge in [0, 0.05) is 13.7 Å². The lowest BCUT2D eigenvalue weighted by Gasteiger charge is -2.12. The van der Waals surface area contributed by atoms with Crippen LogP contribution in [-0.4, -0.2) is 26.8 Å². The van der Waals surface area contributed by atoms with Gasteiger partial charge >= 0.3 is 0 Å². The van der Waals surface area contributed by atoms with Crippen molar-refractivity contribution < 1.29 is 4.74 Å². The van der Waals surface area contributed by atoms with E-state index in [0.717, 1.165) is 32.0 Å². The lowest BCUT2D eigenvalue weighted by molar-refractivity contribution is 0.198. The molecule has 0 spiro atoms. The van der Waals surface area contributed by atoms with Crippen molar-refractivity contribution >= 4 is 0 Å². The zero-order valence-electron chi connectivity index (χ0n) is 9.94. The van der Waals surface area contributed by atoms with Crippen molar-refractivity contribution in [2.75, 3.05) is 26.8 Å². The highest BCUT2D eigenvalue weighted by molar-refractivity contribution is 4.92. The summed E-state index contributed by atoms with van der Waals surface area (Å²) in [4.78, 5) is 0. The van der Waals surface area contributed by atoms with Crippen LogP contribution in [0.5, 0.6) is 0 Å². The number of nitrogens with one attached hydrogen (secondary N) is 1. The first-order chi connectivity index (χ1) is 6.70. The Morgan fingerprint density at radius 2 is 2.21 bits per heavy atom. The van der Waals surface area contributed by atoms with Crippen molar-refractivity contribution in [2.24, 2.45) is 5.92 Å². The molecule has 0 radical (unpaired) electrons. The second kappa shape index (κ2) is 9.22. The van der Waals surface area contributed by atoms with E-state index in [-0.39, 0.29) is 0 Å². The first kappa shape index (κ1) is 13.7. The highest BCUT2D eigenvalue weighted by Crippen LogP contribution is 2.11. The van der Waals surface area contributed by atoms with E-state index in [4.69, 9.17) is 4.74 Å². The maximum atomic E-state index is 4.96. The van der Waals surface area contributed by atoms with Crippen LogP contribution in [0.3, 0.4) is 0 Å². The molecule has 2 heteroatoms. The van der Waals surface area contributed by atoms with Crippen molar-refractivity contribution in [3.8, 4) is 0 Å². The van der Waals surface area contributed by atoms with Crippen LogP contribution in [0.15, 0.2) is 12.2 Å². The predicted octanol–water partition coefficient (Wildman–Crippen LogP) is 2.60. The Hall–Kier alpha value is -0.340. The van der Waals surface area contributed by atoms with Gasteiger partial charge in [-0.1, -0.05) is 26.0 Å². The molecule has 0 aromatic carbocycles. The highest BCUT2D eigenvalue weighted by Gasteiger charge is 2.01. The van der Waals surface area contributed by atoms with Gasteiger partial charge in [-0.2, -0.15) is 0 Å². The van der Waals surface area contributed by atoms with Crippen LogP contribution in [0.2, 0.25) is 0 Å². The van der Waals surface area contributed by atoms with Gasteiger partial charge in [0.15, 0.2) is 0 Å². The smallest absolute Gasteiger partial charge is 0.0587 e. The number of rotatable bonds is 9. The van der Waals surface area contributed by atoms with Crippen LogP contribution in [0.25, 0.3) is 0 Å². The fourth-order valence-corrected chi connectivity index (χ4v) is 1.25. The molecular formula is C12H25NO. The third kappa shape index (κ3) is 8.27. The number of allylic oxidation sites excluding steroid dienone is 1. The molecule has 1 atom stereocenters. The van der Waals surface area contributed by atoms with E-state index < -0.39 is 0 Å². The van der Waals surface area contributed by atoms with Gasteiger partial charge in [0.05, 0.1) is 6.61 Å². The Kier molecular flexibility index (Phi) is 9.00. The average molecular weight is 199 g/mol. The Morgan fingerprint density at radius 1 is 1.50 bits per heavy atom. The Labute approximate surface area is 88.7 Å². The second-order valence-corrected chi connectivity index (χ2v) is 3.94. The summed E-state index contributed by atoms with van der Waals surface area (Å²) in [6, 6.07) is 0. The number of methoxy groups -OCH3 is 1. The van der Waals surface area contributed by atoms with Crippen LogP contribution in [0.4, 0.5) is 0 Å². The molecule has 84 valence electrons. The van der Waals surface area contributed by atoms with E-state index in [1.54, 1.807) is 7.11 Å². The Bertz CT molecular complexity index is 145. The molecule has 0 rings (SSSR count). The van der Waals surface area contributed by atoms with E-state index in [9.17, 15) is 0 Å². The maximum absolute atomic E-state index is 4.96. The zero-order valence-corrected chi connectivity index (χ0v) is 9.94. The summed E-state index contributed by atoms with van der Waals surface area (Å²) in [6.07, 6.45) is 3.53. The van der Waals surface area contributed by atoms with Crippen LogP contribution in [-0.2, 0) is 4.74 Å². The molecule has 0 heterocycles. The van der Waals surface area contributed by atoms with E-state index in [1.165, 1.54) is 18.4 Å². The molecule has 0 amide bonds. The van der Waals surface area contributed by atoms with Gasteiger partial charge < -0.3 is 10.1 Å². The fraction of sp³-hybridized carbons (Fsp3) is 0.833. The molecule has 0 bridgehead atoms. The molecule has 0 aromatic heterocycles. The number of hydrogen-bond acceptors (Lipinski definition) is 2. The normalized spacial score (nSPS) is 12.8. The topological polar surface area (TPSA) is 21.3 Å². The number of hydrogen-bond donors (Lipinski definition) is 1. The minimum Gasteiger partial charge on any atom is -0.383 e. The summed E-state index contributed by atoms with van der Waals surface area (Å²) in [5.74, 6) is 0.732. The van der Waals surface area contributed by atoms with Crippen LogP contribution < -0.4 is 5.32 Å². The minimum atomic E-state index is 0.732. The predicted molar refractivity (Wildman–Crippen MR) is 62.6 cm³/mol. The van der Waals surface area contributed by atoms with E-state index in [0.29, 0.717) is 0 Å². The average Bonchev–Trinajstić information content (AvgIpc) is 2.21. The van der Waals surface area contributed by atoms with Gasteiger partial charge in [-0.3, -0.25) is 0 Å². The van der Waals surface area contributed by atoms with Crippen molar-refractivity contribution in [3.05, 3.63) is 12.2 Å². The molecule has 2 nitrogen and oxygen atoms in total. The molecule has 0 aliphatic heterocycles. The zero-order chi connectivity index (χ0) is 10.8. The standard InChI is InChI=1S/C12H25NO/c1-5-11(2)6-7-12(3)10-13-8-9-14-4/h12-13H,2,5-10H2,1,3-4H3. The van der Waals surface area contributed by atoms with Crippen LogP contribution in [0, 0.1) is 5.92 Å². The van der Waals surface area contributed by atoms with E-state index in [2.05, 4.69) is 25.7 Å².